The van der Waals surface area contributed by atoms with Crippen LogP contribution in [0.15, 0.2) is 24.3 Å². The average molecular weight is 320 g/mol. The van der Waals surface area contributed by atoms with Crippen LogP contribution in [0.2, 0.25) is 0 Å². The smallest absolute Gasteiger partial charge is 0.335 e. The minimum absolute atomic E-state index is 0.00100. The van der Waals surface area contributed by atoms with Crippen LogP contribution in [0.25, 0.3) is 0 Å². The third-order valence-electron chi connectivity index (χ3n) is 3.36. The fourth-order valence-electron chi connectivity index (χ4n) is 2.15. The van der Waals surface area contributed by atoms with Crippen molar-refractivity contribution < 1.29 is 19.5 Å². The zero-order chi connectivity index (χ0) is 17.1. The highest BCUT2D eigenvalue weighted by atomic mass is 16.4. The molecule has 0 saturated heterocycles. The molecule has 3 N–H and O–H groups in total. The Bertz CT molecular complexity index is 543. The van der Waals surface area contributed by atoms with E-state index in [9.17, 15) is 14.4 Å². The fraction of sp³-hybridized carbons (Fsp3) is 0.471. The van der Waals surface area contributed by atoms with E-state index in [0.29, 0.717) is 25.9 Å². The number of hydrogen-bond donors (Lipinski definition) is 3. The average Bonchev–Trinajstić information content (AvgIpc) is 2.50. The van der Waals surface area contributed by atoms with Crippen LogP contribution in [0.5, 0.6) is 0 Å². The van der Waals surface area contributed by atoms with E-state index >= 15 is 0 Å². The molecule has 0 atom stereocenters. The second-order valence-electron chi connectivity index (χ2n) is 5.40. The highest BCUT2D eigenvalue weighted by molar-refractivity contribution is 5.87. The van der Waals surface area contributed by atoms with E-state index < -0.39 is 5.97 Å². The Morgan fingerprint density at radius 1 is 1.04 bits per heavy atom. The van der Waals surface area contributed by atoms with Gasteiger partial charge in [-0.2, -0.15) is 0 Å². The van der Waals surface area contributed by atoms with Gasteiger partial charge in [0.15, 0.2) is 0 Å². The number of aromatic carboxylic acids is 1. The van der Waals surface area contributed by atoms with Crippen LogP contribution < -0.4 is 10.6 Å². The minimum Gasteiger partial charge on any atom is -0.478 e. The number of unbranched alkanes of at least 4 members (excludes halogenated alkanes) is 2. The van der Waals surface area contributed by atoms with Crippen molar-refractivity contribution in [2.75, 3.05) is 13.1 Å². The maximum Gasteiger partial charge on any atom is 0.335 e. The molecular formula is C17H24N2O4. The SMILES string of the molecule is CC(=O)NCCCCCC(=O)NCCc1cccc(C(=O)O)c1. The lowest BCUT2D eigenvalue weighted by molar-refractivity contribution is -0.121. The molecule has 0 saturated carbocycles. The number of carboxylic acid groups (broad SMARTS) is 1. The third kappa shape index (κ3) is 8.60. The molecule has 2 amide bonds. The number of benzene rings is 1. The predicted molar refractivity (Wildman–Crippen MR) is 87.3 cm³/mol. The summed E-state index contributed by atoms with van der Waals surface area (Å²) in [6.07, 6.45) is 3.63. The van der Waals surface area contributed by atoms with E-state index in [0.717, 1.165) is 24.8 Å². The minimum atomic E-state index is -0.949. The van der Waals surface area contributed by atoms with Gasteiger partial charge in [0.25, 0.3) is 0 Å². The van der Waals surface area contributed by atoms with Gasteiger partial charge in [0.05, 0.1) is 5.56 Å². The molecule has 0 radical (unpaired) electrons. The van der Waals surface area contributed by atoms with Crippen LogP contribution in [-0.4, -0.2) is 36.0 Å². The number of carbonyl (C=O) groups is 3. The second kappa shape index (κ2) is 10.4. The van der Waals surface area contributed by atoms with Crippen molar-refractivity contribution in [2.24, 2.45) is 0 Å². The van der Waals surface area contributed by atoms with Gasteiger partial charge in [-0.25, -0.2) is 4.79 Å². The number of nitrogens with one attached hydrogen (secondary N) is 2. The van der Waals surface area contributed by atoms with Gasteiger partial charge in [0, 0.05) is 26.4 Å². The summed E-state index contributed by atoms with van der Waals surface area (Å²) in [6.45, 7) is 2.63. The first kappa shape index (κ1) is 18.7. The normalized spacial score (nSPS) is 10.1. The summed E-state index contributed by atoms with van der Waals surface area (Å²) in [5.74, 6) is -0.983. The van der Waals surface area contributed by atoms with Crippen LogP contribution in [0.1, 0.15) is 48.5 Å². The second-order valence-corrected chi connectivity index (χ2v) is 5.40. The van der Waals surface area contributed by atoms with Crippen molar-refractivity contribution in [2.45, 2.75) is 39.0 Å². The van der Waals surface area contributed by atoms with Crippen molar-refractivity contribution >= 4 is 17.8 Å². The van der Waals surface area contributed by atoms with E-state index in [2.05, 4.69) is 10.6 Å². The first-order chi connectivity index (χ1) is 11.0. The largest absolute Gasteiger partial charge is 0.478 e. The van der Waals surface area contributed by atoms with Crippen LogP contribution in [0.3, 0.4) is 0 Å². The zero-order valence-electron chi connectivity index (χ0n) is 13.4. The van der Waals surface area contributed by atoms with Crippen LogP contribution >= 0.6 is 0 Å². The number of carbonyl (C=O) groups excluding carboxylic acids is 2. The van der Waals surface area contributed by atoms with Gasteiger partial charge in [-0.1, -0.05) is 18.6 Å². The molecule has 23 heavy (non-hydrogen) atoms. The predicted octanol–water partition coefficient (Wildman–Crippen LogP) is 1.74. The first-order valence-corrected chi connectivity index (χ1v) is 7.82. The quantitative estimate of drug-likeness (QED) is 0.572. The van der Waals surface area contributed by atoms with E-state index in [1.807, 2.05) is 6.07 Å². The molecule has 1 aromatic carbocycles. The Morgan fingerprint density at radius 2 is 1.83 bits per heavy atom. The summed E-state index contributed by atoms with van der Waals surface area (Å²) in [4.78, 5) is 33.2. The molecule has 0 aromatic heterocycles. The summed E-state index contributed by atoms with van der Waals surface area (Å²) >= 11 is 0. The van der Waals surface area contributed by atoms with Crippen molar-refractivity contribution in [1.29, 1.82) is 0 Å². The van der Waals surface area contributed by atoms with Gasteiger partial charge in [-0.05, 0) is 37.0 Å². The van der Waals surface area contributed by atoms with E-state index in [1.165, 1.54) is 6.92 Å². The lowest BCUT2D eigenvalue weighted by Gasteiger charge is -2.06. The van der Waals surface area contributed by atoms with Crippen LogP contribution in [0.4, 0.5) is 0 Å². The monoisotopic (exact) mass is 320 g/mol. The first-order valence-electron chi connectivity index (χ1n) is 7.82. The molecule has 1 rings (SSSR count). The number of carboxylic acids is 1. The van der Waals surface area contributed by atoms with Gasteiger partial charge >= 0.3 is 5.97 Å². The summed E-state index contributed by atoms with van der Waals surface area (Å²) in [5.41, 5.74) is 1.15. The number of rotatable bonds is 10. The molecule has 0 aliphatic rings. The van der Waals surface area contributed by atoms with Crippen LogP contribution in [-0.2, 0) is 16.0 Å². The lowest BCUT2D eigenvalue weighted by atomic mass is 10.1. The lowest BCUT2D eigenvalue weighted by Crippen LogP contribution is -2.25. The Kier molecular flexibility index (Phi) is 8.42. The topological polar surface area (TPSA) is 95.5 Å². The molecular weight excluding hydrogens is 296 g/mol. The fourth-order valence-corrected chi connectivity index (χ4v) is 2.15. The van der Waals surface area contributed by atoms with Gasteiger partial charge in [0.2, 0.25) is 11.8 Å². The van der Waals surface area contributed by atoms with Crippen molar-refractivity contribution in [3.8, 4) is 0 Å². The van der Waals surface area contributed by atoms with Gasteiger partial charge in [-0.3, -0.25) is 9.59 Å². The maximum absolute atomic E-state index is 11.7. The van der Waals surface area contributed by atoms with E-state index in [1.54, 1.807) is 18.2 Å². The van der Waals surface area contributed by atoms with E-state index in [4.69, 9.17) is 5.11 Å². The van der Waals surface area contributed by atoms with Gasteiger partial charge < -0.3 is 15.7 Å². The molecule has 0 bridgehead atoms. The summed E-state index contributed by atoms with van der Waals surface area (Å²) < 4.78 is 0. The molecule has 0 aliphatic heterocycles. The third-order valence-corrected chi connectivity index (χ3v) is 3.36. The molecule has 0 fully saturated rings. The Morgan fingerprint density at radius 3 is 2.52 bits per heavy atom. The zero-order valence-corrected chi connectivity index (χ0v) is 13.4. The van der Waals surface area contributed by atoms with Crippen molar-refractivity contribution in [3.05, 3.63) is 35.4 Å². The van der Waals surface area contributed by atoms with Crippen molar-refractivity contribution in [1.82, 2.24) is 10.6 Å². The Balaban J connectivity index is 2.13. The van der Waals surface area contributed by atoms with Gasteiger partial charge in [0.1, 0.15) is 0 Å². The highest BCUT2D eigenvalue weighted by Crippen LogP contribution is 2.06. The summed E-state index contributed by atoms with van der Waals surface area (Å²) in [6, 6.07) is 6.72. The van der Waals surface area contributed by atoms with Crippen LogP contribution in [0, 0.1) is 0 Å². The Labute approximate surface area is 136 Å². The molecule has 126 valence electrons. The molecule has 0 unspecified atom stereocenters. The summed E-state index contributed by atoms with van der Waals surface area (Å²) in [7, 11) is 0. The number of hydrogen-bond acceptors (Lipinski definition) is 3. The maximum atomic E-state index is 11.7. The molecule has 6 heteroatoms. The molecule has 0 spiro atoms. The Hall–Kier alpha value is -2.37. The molecule has 0 aliphatic carbocycles. The van der Waals surface area contributed by atoms with E-state index in [-0.39, 0.29) is 17.4 Å². The van der Waals surface area contributed by atoms with Crippen molar-refractivity contribution in [3.63, 3.8) is 0 Å². The summed E-state index contributed by atoms with van der Waals surface area (Å²) in [5, 5.41) is 14.5. The van der Waals surface area contributed by atoms with Gasteiger partial charge in [-0.15, -0.1) is 0 Å². The molecule has 6 nitrogen and oxygen atoms in total. The molecule has 1 aromatic rings. The number of amides is 2. The molecule has 0 heterocycles. The standard InChI is InChI=1S/C17H24N2O4/c1-13(20)18-10-4-2-3-8-16(21)19-11-9-14-6-5-7-15(12-14)17(22)23/h5-7,12H,2-4,8-11H2,1H3,(H,18,20)(H,19,21)(H,22,23). The highest BCUT2D eigenvalue weighted by Gasteiger charge is 2.04.